The molecular formula is C14H16FN3O2. The van der Waals surface area contributed by atoms with Crippen LogP contribution in [0, 0.1) is 5.82 Å². The van der Waals surface area contributed by atoms with Crippen molar-refractivity contribution in [1.82, 2.24) is 15.1 Å². The summed E-state index contributed by atoms with van der Waals surface area (Å²) in [5.41, 5.74) is 0.348. The number of nitrogens with one attached hydrogen (secondary N) is 1. The third-order valence-corrected chi connectivity index (χ3v) is 2.59. The molecule has 0 saturated carbocycles. The molecule has 0 aliphatic rings. The number of carbonyl (C=O) groups is 1. The maximum absolute atomic E-state index is 12.7. The largest absolute Gasteiger partial charge is 0.471 e. The molecule has 1 aromatic carbocycles. The summed E-state index contributed by atoms with van der Waals surface area (Å²) in [5, 5.41) is 6.85. The second-order valence-electron chi connectivity index (χ2n) is 4.22. The fourth-order valence-electron chi connectivity index (χ4n) is 1.56. The normalized spacial score (nSPS) is 10.3. The fourth-order valence-corrected chi connectivity index (χ4v) is 1.56. The van der Waals surface area contributed by atoms with Crippen LogP contribution in [0.25, 0.3) is 0 Å². The maximum atomic E-state index is 12.7. The molecular weight excluding hydrogens is 261 g/mol. The molecule has 1 N–H and O–H groups in total. The lowest BCUT2D eigenvalue weighted by atomic mass is 10.3. The Hall–Kier alpha value is -2.37. The number of halogens is 1. The minimum atomic E-state index is -0.314. The second-order valence-corrected chi connectivity index (χ2v) is 4.22. The number of aromatic nitrogens is 2. The van der Waals surface area contributed by atoms with E-state index in [1.807, 2.05) is 6.92 Å². The highest BCUT2D eigenvalue weighted by atomic mass is 19.1. The molecule has 20 heavy (non-hydrogen) atoms. The molecule has 0 fully saturated rings. The van der Waals surface area contributed by atoms with E-state index in [-0.39, 0.29) is 18.5 Å². The van der Waals surface area contributed by atoms with Crippen LogP contribution in [0.5, 0.6) is 5.75 Å². The van der Waals surface area contributed by atoms with Crippen LogP contribution < -0.4 is 10.1 Å². The van der Waals surface area contributed by atoms with E-state index in [4.69, 9.17) is 4.74 Å². The first kappa shape index (κ1) is 14.0. The van der Waals surface area contributed by atoms with Crippen LogP contribution in [0.15, 0.2) is 36.5 Å². The van der Waals surface area contributed by atoms with Gasteiger partial charge in [-0.2, -0.15) is 5.10 Å². The average Bonchev–Trinajstić information content (AvgIpc) is 2.93. The molecule has 2 aromatic rings. The first-order valence-corrected chi connectivity index (χ1v) is 6.39. The number of hydrogen-bond acceptors (Lipinski definition) is 3. The summed E-state index contributed by atoms with van der Waals surface area (Å²) in [6, 6.07) is 7.34. The highest BCUT2D eigenvalue weighted by Crippen LogP contribution is 2.11. The van der Waals surface area contributed by atoms with Crippen LogP contribution in [-0.2, 0) is 6.73 Å². The van der Waals surface area contributed by atoms with Crippen molar-refractivity contribution in [3.63, 3.8) is 0 Å². The van der Waals surface area contributed by atoms with Crippen LogP contribution in [-0.4, -0.2) is 22.2 Å². The summed E-state index contributed by atoms with van der Waals surface area (Å²) in [4.78, 5) is 11.7. The zero-order valence-corrected chi connectivity index (χ0v) is 11.2. The van der Waals surface area contributed by atoms with Gasteiger partial charge in [0.15, 0.2) is 6.73 Å². The molecule has 0 unspecified atom stereocenters. The van der Waals surface area contributed by atoms with E-state index in [9.17, 15) is 9.18 Å². The first-order valence-electron chi connectivity index (χ1n) is 6.39. The maximum Gasteiger partial charge on any atom is 0.271 e. The molecule has 0 bridgehead atoms. The Bertz CT molecular complexity index is 566. The van der Waals surface area contributed by atoms with E-state index in [2.05, 4.69) is 10.4 Å². The Morgan fingerprint density at radius 2 is 2.10 bits per heavy atom. The highest BCUT2D eigenvalue weighted by Gasteiger charge is 2.08. The number of benzene rings is 1. The van der Waals surface area contributed by atoms with Gasteiger partial charge in [0.2, 0.25) is 0 Å². The van der Waals surface area contributed by atoms with Gasteiger partial charge in [-0.1, -0.05) is 6.92 Å². The molecule has 1 amide bonds. The van der Waals surface area contributed by atoms with E-state index in [1.165, 1.54) is 28.9 Å². The van der Waals surface area contributed by atoms with Crippen LogP contribution in [0.3, 0.4) is 0 Å². The molecule has 0 saturated heterocycles. The highest BCUT2D eigenvalue weighted by molar-refractivity contribution is 5.92. The minimum absolute atomic E-state index is 0.159. The smallest absolute Gasteiger partial charge is 0.271 e. The number of amides is 1. The molecule has 1 aromatic heterocycles. The van der Waals surface area contributed by atoms with E-state index >= 15 is 0 Å². The summed E-state index contributed by atoms with van der Waals surface area (Å²) >= 11 is 0. The lowest BCUT2D eigenvalue weighted by Gasteiger charge is -2.05. The number of rotatable bonds is 6. The monoisotopic (exact) mass is 277 g/mol. The molecule has 0 spiro atoms. The van der Waals surface area contributed by atoms with Crippen LogP contribution in [0.4, 0.5) is 4.39 Å². The summed E-state index contributed by atoms with van der Waals surface area (Å²) in [5.74, 6) is 0.0255. The van der Waals surface area contributed by atoms with Gasteiger partial charge in [0.05, 0.1) is 0 Å². The molecule has 0 atom stereocenters. The van der Waals surface area contributed by atoms with Crippen molar-refractivity contribution in [2.45, 2.75) is 20.1 Å². The van der Waals surface area contributed by atoms with Gasteiger partial charge in [-0.3, -0.25) is 4.79 Å². The summed E-state index contributed by atoms with van der Waals surface area (Å²) in [6.07, 6.45) is 2.53. The predicted octanol–water partition coefficient (Wildman–Crippen LogP) is 2.20. The third kappa shape index (κ3) is 3.81. The lowest BCUT2D eigenvalue weighted by Crippen LogP contribution is -2.24. The second kappa shape index (κ2) is 6.70. The Labute approximate surface area is 116 Å². The van der Waals surface area contributed by atoms with Gasteiger partial charge < -0.3 is 10.1 Å². The van der Waals surface area contributed by atoms with Gasteiger partial charge in [-0.15, -0.1) is 0 Å². The molecule has 1 heterocycles. The standard InChI is InChI=1S/C14H16FN3O2/c1-2-8-16-14(19)13-7-9-18(17-13)10-20-12-5-3-11(15)4-6-12/h3-7,9H,2,8,10H2,1H3,(H,16,19). The molecule has 106 valence electrons. The van der Waals surface area contributed by atoms with Gasteiger partial charge in [-0.25, -0.2) is 9.07 Å². The van der Waals surface area contributed by atoms with E-state index in [1.54, 1.807) is 12.3 Å². The Balaban J connectivity index is 1.89. The molecule has 2 rings (SSSR count). The van der Waals surface area contributed by atoms with Crippen molar-refractivity contribution in [3.8, 4) is 5.75 Å². The number of hydrogen-bond donors (Lipinski definition) is 1. The summed E-state index contributed by atoms with van der Waals surface area (Å²) in [7, 11) is 0. The molecule has 0 aliphatic carbocycles. The molecule has 5 nitrogen and oxygen atoms in total. The van der Waals surface area contributed by atoms with Crippen molar-refractivity contribution < 1.29 is 13.9 Å². The zero-order valence-electron chi connectivity index (χ0n) is 11.2. The first-order chi connectivity index (χ1) is 9.69. The number of ether oxygens (including phenoxy) is 1. The lowest BCUT2D eigenvalue weighted by molar-refractivity contribution is 0.0946. The van der Waals surface area contributed by atoms with Crippen molar-refractivity contribution in [3.05, 3.63) is 48.0 Å². The Morgan fingerprint density at radius 1 is 1.35 bits per heavy atom. The topological polar surface area (TPSA) is 56.2 Å². The van der Waals surface area contributed by atoms with Gasteiger partial charge in [0.1, 0.15) is 17.3 Å². The number of nitrogens with zero attached hydrogens (tertiary/aromatic N) is 2. The van der Waals surface area contributed by atoms with Crippen molar-refractivity contribution in [1.29, 1.82) is 0 Å². The quantitative estimate of drug-likeness (QED) is 0.880. The molecule has 0 aliphatic heterocycles. The third-order valence-electron chi connectivity index (χ3n) is 2.59. The van der Waals surface area contributed by atoms with Gasteiger partial charge >= 0.3 is 0 Å². The van der Waals surface area contributed by atoms with Gasteiger partial charge in [0.25, 0.3) is 5.91 Å². The Kier molecular flexibility index (Phi) is 4.70. The zero-order chi connectivity index (χ0) is 14.4. The van der Waals surface area contributed by atoms with E-state index < -0.39 is 0 Å². The fraction of sp³-hybridized carbons (Fsp3) is 0.286. The van der Waals surface area contributed by atoms with Crippen molar-refractivity contribution in [2.24, 2.45) is 0 Å². The van der Waals surface area contributed by atoms with Crippen LogP contribution in [0.2, 0.25) is 0 Å². The predicted molar refractivity (Wildman–Crippen MR) is 71.9 cm³/mol. The van der Waals surface area contributed by atoms with Crippen LogP contribution >= 0.6 is 0 Å². The summed E-state index contributed by atoms with van der Waals surface area (Å²) in [6.45, 7) is 2.76. The molecule has 0 radical (unpaired) electrons. The van der Waals surface area contributed by atoms with Gasteiger partial charge in [-0.05, 0) is 36.8 Å². The SMILES string of the molecule is CCCNC(=O)c1ccn(COc2ccc(F)cc2)n1. The van der Waals surface area contributed by atoms with E-state index in [0.29, 0.717) is 18.0 Å². The Morgan fingerprint density at radius 3 is 2.80 bits per heavy atom. The summed E-state index contributed by atoms with van der Waals surface area (Å²) < 4.78 is 19.7. The van der Waals surface area contributed by atoms with E-state index in [0.717, 1.165) is 6.42 Å². The minimum Gasteiger partial charge on any atom is -0.471 e. The average molecular weight is 277 g/mol. The van der Waals surface area contributed by atoms with Crippen molar-refractivity contribution >= 4 is 5.91 Å². The number of carbonyl (C=O) groups excluding carboxylic acids is 1. The van der Waals surface area contributed by atoms with Gasteiger partial charge in [0, 0.05) is 12.7 Å². The van der Waals surface area contributed by atoms with Crippen molar-refractivity contribution in [2.75, 3.05) is 6.54 Å². The van der Waals surface area contributed by atoms with Crippen LogP contribution in [0.1, 0.15) is 23.8 Å². The molecule has 6 heteroatoms.